The number of carbonyl (C=O) groups is 3. The number of hydrogen-bond donors (Lipinski definition) is 3. The highest BCUT2D eigenvalue weighted by atomic mass is 32.2. The first-order valence-corrected chi connectivity index (χ1v) is 13.8. The first-order valence-electron chi connectivity index (χ1n) is 13.0. The van der Waals surface area contributed by atoms with Gasteiger partial charge in [0.05, 0.1) is 29.2 Å². The monoisotopic (exact) mass is 501 g/mol. The van der Waals surface area contributed by atoms with Crippen LogP contribution in [-0.2, 0) is 14.4 Å². The summed E-state index contributed by atoms with van der Waals surface area (Å²) in [6, 6.07) is 8.17. The number of anilines is 1. The summed E-state index contributed by atoms with van der Waals surface area (Å²) in [6.07, 6.45) is 3.91. The van der Waals surface area contributed by atoms with Crippen molar-refractivity contribution in [3.8, 4) is 0 Å². The van der Waals surface area contributed by atoms with E-state index in [0.717, 1.165) is 19.3 Å². The molecule has 1 aromatic carbocycles. The lowest BCUT2D eigenvalue weighted by atomic mass is 9.66. The molecule has 4 rings (SSSR count). The Morgan fingerprint density at radius 2 is 1.91 bits per heavy atom. The average Bonchev–Trinajstić information content (AvgIpc) is 3.39. The summed E-state index contributed by atoms with van der Waals surface area (Å²) in [4.78, 5) is 43.1. The molecule has 3 N–H and O–H groups in total. The maximum atomic E-state index is 14.1. The first kappa shape index (κ1) is 26.0. The second-order valence-electron chi connectivity index (χ2n) is 10.9. The molecule has 35 heavy (non-hydrogen) atoms. The lowest BCUT2D eigenvalue weighted by molar-refractivity contribution is -0.142. The molecular weight excluding hydrogens is 462 g/mol. The molecule has 2 unspecified atom stereocenters. The molecule has 3 aliphatic heterocycles. The molecule has 1 spiro atoms. The molecule has 1 aromatic rings. The Morgan fingerprint density at radius 3 is 2.54 bits per heavy atom. The number of thioether (sulfide) groups is 1. The summed E-state index contributed by atoms with van der Waals surface area (Å²) < 4.78 is -1.08. The second-order valence-corrected chi connectivity index (χ2v) is 12.8. The number of unbranched alkanes of at least 4 members (excludes halogenated alkanes) is 1. The molecule has 3 fully saturated rings. The van der Waals surface area contributed by atoms with E-state index in [4.69, 9.17) is 0 Å². The van der Waals surface area contributed by atoms with Crippen LogP contribution in [0.4, 0.5) is 5.69 Å². The molecule has 8 heteroatoms. The van der Waals surface area contributed by atoms with Crippen LogP contribution in [0.25, 0.3) is 0 Å². The Balaban J connectivity index is 1.72. The van der Waals surface area contributed by atoms with Gasteiger partial charge in [-0.25, -0.2) is 0 Å². The smallest absolute Gasteiger partial charge is 0.244 e. The van der Waals surface area contributed by atoms with Gasteiger partial charge in [-0.3, -0.25) is 14.4 Å². The number of fused-ring (bicyclic) bond motifs is 1. The summed E-state index contributed by atoms with van der Waals surface area (Å²) in [6.45, 7) is 8.60. The number of para-hydroxylation sites is 1. The van der Waals surface area contributed by atoms with Crippen molar-refractivity contribution in [1.82, 2.24) is 10.2 Å². The van der Waals surface area contributed by atoms with Gasteiger partial charge in [0.25, 0.3) is 0 Å². The minimum atomic E-state index is -0.686. The van der Waals surface area contributed by atoms with Crippen molar-refractivity contribution in [2.45, 2.75) is 81.4 Å². The number of nitrogens with one attached hydrogen (secondary N) is 2. The van der Waals surface area contributed by atoms with Crippen LogP contribution in [0.1, 0.15) is 59.8 Å². The molecule has 3 amide bonds. The fourth-order valence-corrected chi connectivity index (χ4v) is 8.85. The molecule has 7 nitrogen and oxygen atoms in total. The summed E-state index contributed by atoms with van der Waals surface area (Å²) in [7, 11) is 0. The van der Waals surface area contributed by atoms with E-state index in [0.29, 0.717) is 25.1 Å². The summed E-state index contributed by atoms with van der Waals surface area (Å²) in [5.74, 6) is -1.36. The van der Waals surface area contributed by atoms with Crippen LogP contribution in [0.2, 0.25) is 0 Å². The van der Waals surface area contributed by atoms with Crippen molar-refractivity contribution in [3.63, 3.8) is 0 Å². The van der Waals surface area contributed by atoms with Gasteiger partial charge in [-0.15, -0.1) is 11.8 Å². The van der Waals surface area contributed by atoms with E-state index in [9.17, 15) is 19.5 Å². The average molecular weight is 502 g/mol. The van der Waals surface area contributed by atoms with E-state index in [1.165, 1.54) is 0 Å². The van der Waals surface area contributed by atoms with Crippen molar-refractivity contribution in [2.75, 3.05) is 18.5 Å². The van der Waals surface area contributed by atoms with Crippen LogP contribution < -0.4 is 10.6 Å². The fraction of sp³-hybridized carbons (Fsp3) is 0.667. The van der Waals surface area contributed by atoms with Crippen molar-refractivity contribution >= 4 is 35.2 Å². The predicted octanol–water partition coefficient (Wildman–Crippen LogP) is 3.43. The van der Waals surface area contributed by atoms with Crippen LogP contribution in [0, 0.1) is 17.8 Å². The van der Waals surface area contributed by atoms with E-state index >= 15 is 0 Å². The number of amides is 3. The van der Waals surface area contributed by atoms with E-state index < -0.39 is 33.4 Å². The van der Waals surface area contributed by atoms with E-state index in [1.54, 1.807) is 16.7 Å². The lowest BCUT2D eigenvalue weighted by Gasteiger charge is -2.37. The molecule has 0 saturated carbocycles. The lowest BCUT2D eigenvalue weighted by Crippen LogP contribution is -2.56. The van der Waals surface area contributed by atoms with Crippen LogP contribution >= 0.6 is 11.8 Å². The van der Waals surface area contributed by atoms with Crippen LogP contribution in [-0.4, -0.2) is 62.5 Å². The Labute approximate surface area is 212 Å². The van der Waals surface area contributed by atoms with Crippen LogP contribution in [0.3, 0.4) is 0 Å². The Bertz CT molecular complexity index is 957. The largest absolute Gasteiger partial charge is 0.394 e. The van der Waals surface area contributed by atoms with Gasteiger partial charge in [-0.1, -0.05) is 45.4 Å². The van der Waals surface area contributed by atoms with Crippen molar-refractivity contribution in [3.05, 3.63) is 30.3 Å². The Morgan fingerprint density at radius 1 is 1.20 bits per heavy atom. The van der Waals surface area contributed by atoms with Gasteiger partial charge in [0.15, 0.2) is 0 Å². The van der Waals surface area contributed by atoms with Gasteiger partial charge in [-0.2, -0.15) is 0 Å². The molecule has 0 radical (unpaired) electrons. The quantitative estimate of drug-likeness (QED) is 0.427. The van der Waals surface area contributed by atoms with Crippen LogP contribution in [0.15, 0.2) is 30.3 Å². The highest BCUT2D eigenvalue weighted by molar-refractivity contribution is 8.02. The molecule has 3 heterocycles. The number of aliphatic hydroxyl groups excluding tert-OH is 1. The Kier molecular flexibility index (Phi) is 7.53. The zero-order chi connectivity index (χ0) is 25.4. The van der Waals surface area contributed by atoms with Gasteiger partial charge in [0.2, 0.25) is 17.7 Å². The number of carbonyl (C=O) groups excluding carboxylic acids is 3. The summed E-state index contributed by atoms with van der Waals surface area (Å²) in [5, 5.41) is 16.4. The SMILES string of the molecule is CCCCNC(=O)C1N([C@@H](CO)CC(C)C)C(=O)[C@@H]2[C@@H](C(=O)Nc3ccccc3)[C@@]3(C)CCC12S3. The first-order chi connectivity index (χ1) is 16.7. The minimum absolute atomic E-state index is 0.155. The standard InChI is InChI=1S/C27H39N3O4S/c1-5-6-14-28-24(33)22-27-13-12-26(4,35-27)20(23(32)29-18-10-8-7-9-11-18)21(27)25(34)30(22)19(16-31)15-17(2)3/h7-11,17,19-22,31H,5-6,12-16H2,1-4H3,(H,28,33)(H,29,32)/t19-,20+,21+,22?,26-,27?/m1/s1. The Hall–Kier alpha value is -2.06. The zero-order valence-corrected chi connectivity index (χ0v) is 22.1. The molecule has 3 aliphatic rings. The predicted molar refractivity (Wildman–Crippen MR) is 139 cm³/mol. The van der Waals surface area contributed by atoms with Crippen molar-refractivity contribution < 1.29 is 19.5 Å². The third kappa shape index (κ3) is 4.48. The molecule has 6 atom stereocenters. The maximum Gasteiger partial charge on any atom is 0.244 e. The third-order valence-corrected chi connectivity index (χ3v) is 9.95. The number of rotatable bonds is 10. The number of hydrogen-bond acceptors (Lipinski definition) is 5. The maximum absolute atomic E-state index is 14.1. The van der Waals surface area contributed by atoms with Crippen molar-refractivity contribution in [2.24, 2.45) is 17.8 Å². The van der Waals surface area contributed by atoms with Crippen LogP contribution in [0.5, 0.6) is 0 Å². The molecule has 192 valence electrons. The minimum Gasteiger partial charge on any atom is -0.394 e. The van der Waals surface area contributed by atoms with Crippen molar-refractivity contribution in [1.29, 1.82) is 0 Å². The van der Waals surface area contributed by atoms with Gasteiger partial charge < -0.3 is 20.6 Å². The van der Waals surface area contributed by atoms with E-state index in [-0.39, 0.29) is 30.2 Å². The topological polar surface area (TPSA) is 98.7 Å². The molecule has 0 aromatic heterocycles. The number of benzene rings is 1. The van der Waals surface area contributed by atoms with Gasteiger partial charge >= 0.3 is 0 Å². The third-order valence-electron chi connectivity index (χ3n) is 7.96. The molecular formula is C27H39N3O4S. The normalized spacial score (nSPS) is 32.1. The van der Waals surface area contributed by atoms with Gasteiger partial charge in [0, 0.05) is 17.0 Å². The van der Waals surface area contributed by atoms with Gasteiger partial charge in [0.1, 0.15) is 6.04 Å². The fourth-order valence-electron chi connectivity index (χ4n) is 6.50. The molecule has 2 bridgehead atoms. The summed E-state index contributed by atoms with van der Waals surface area (Å²) >= 11 is 1.66. The molecule has 3 saturated heterocycles. The van der Waals surface area contributed by atoms with Gasteiger partial charge in [-0.05, 0) is 50.7 Å². The zero-order valence-electron chi connectivity index (χ0n) is 21.3. The number of nitrogens with zero attached hydrogens (tertiary/aromatic N) is 1. The highest BCUT2D eigenvalue weighted by Gasteiger charge is 2.77. The second kappa shape index (κ2) is 10.1. The molecule has 0 aliphatic carbocycles. The summed E-state index contributed by atoms with van der Waals surface area (Å²) in [5.41, 5.74) is 0.701. The highest BCUT2D eigenvalue weighted by Crippen LogP contribution is 2.71. The number of likely N-dealkylation sites (tertiary alicyclic amines) is 1. The van der Waals surface area contributed by atoms with E-state index in [2.05, 4.69) is 38.3 Å². The van der Waals surface area contributed by atoms with E-state index in [1.807, 2.05) is 30.3 Å². The number of aliphatic hydroxyl groups is 1.